The molecule has 0 bridgehead atoms. The average molecular weight is 341 g/mol. The molecule has 0 radical (unpaired) electrons. The number of amides is 1. The maximum absolute atomic E-state index is 12.2. The fourth-order valence-electron chi connectivity index (χ4n) is 3.24. The van der Waals surface area contributed by atoms with E-state index in [2.05, 4.69) is 5.32 Å². The summed E-state index contributed by atoms with van der Waals surface area (Å²) in [5, 5.41) is 12.9. The van der Waals surface area contributed by atoms with Gasteiger partial charge in [-0.2, -0.15) is 0 Å². The van der Waals surface area contributed by atoms with Crippen molar-refractivity contribution in [3.05, 3.63) is 47.5 Å². The first-order chi connectivity index (χ1) is 12.2. The smallest absolute Gasteiger partial charge is 0.262 e. The number of carbonyl (C=O) groups is 1. The van der Waals surface area contributed by atoms with E-state index in [-0.39, 0.29) is 19.3 Å². The van der Waals surface area contributed by atoms with Gasteiger partial charge in [0.2, 0.25) is 6.79 Å². The molecule has 2 aromatic rings. The summed E-state index contributed by atoms with van der Waals surface area (Å²) >= 11 is 0. The maximum atomic E-state index is 12.2. The minimum absolute atomic E-state index is 0.0962. The molecule has 0 spiro atoms. The molecule has 0 aromatic heterocycles. The highest BCUT2D eigenvalue weighted by atomic mass is 16.7. The maximum Gasteiger partial charge on any atom is 0.262 e. The average Bonchev–Trinajstić information content (AvgIpc) is 3.08. The molecule has 1 heterocycles. The summed E-state index contributed by atoms with van der Waals surface area (Å²) in [7, 11) is 0. The minimum Gasteiger partial charge on any atom is -0.483 e. The van der Waals surface area contributed by atoms with Crippen molar-refractivity contribution >= 4 is 11.6 Å². The van der Waals surface area contributed by atoms with Gasteiger partial charge in [-0.15, -0.1) is 0 Å². The monoisotopic (exact) mass is 341 g/mol. The number of ether oxygens (including phenoxy) is 3. The minimum atomic E-state index is -0.449. The van der Waals surface area contributed by atoms with Crippen LogP contribution in [0.5, 0.6) is 17.2 Å². The van der Waals surface area contributed by atoms with Gasteiger partial charge in [0.15, 0.2) is 18.1 Å². The molecular weight excluding hydrogens is 322 g/mol. The van der Waals surface area contributed by atoms with Crippen molar-refractivity contribution in [2.75, 3.05) is 18.7 Å². The molecule has 0 saturated heterocycles. The Kier molecular flexibility index (Phi) is 4.19. The number of hydrogen-bond acceptors (Lipinski definition) is 5. The molecule has 1 aliphatic carbocycles. The summed E-state index contributed by atoms with van der Waals surface area (Å²) in [4.78, 5) is 12.2. The third kappa shape index (κ3) is 3.25. The van der Waals surface area contributed by atoms with E-state index in [1.807, 2.05) is 18.2 Å². The van der Waals surface area contributed by atoms with Crippen LogP contribution in [0.4, 0.5) is 5.69 Å². The van der Waals surface area contributed by atoms with Crippen molar-refractivity contribution in [2.24, 2.45) is 0 Å². The molecular formula is C19H19NO5. The molecule has 1 unspecified atom stereocenters. The van der Waals surface area contributed by atoms with E-state index in [9.17, 15) is 9.90 Å². The highest BCUT2D eigenvalue weighted by Gasteiger charge is 2.21. The Morgan fingerprint density at radius 1 is 1.24 bits per heavy atom. The summed E-state index contributed by atoms with van der Waals surface area (Å²) < 4.78 is 16.2. The second kappa shape index (κ2) is 6.64. The molecule has 6 heteroatoms. The number of rotatable bonds is 4. The molecule has 1 amide bonds. The van der Waals surface area contributed by atoms with Crippen molar-refractivity contribution in [1.29, 1.82) is 0 Å². The van der Waals surface area contributed by atoms with Gasteiger partial charge < -0.3 is 24.6 Å². The number of fused-ring (bicyclic) bond motifs is 2. The lowest BCUT2D eigenvalue weighted by Crippen LogP contribution is -2.21. The lowest BCUT2D eigenvalue weighted by Gasteiger charge is -2.23. The molecule has 2 aliphatic rings. The van der Waals surface area contributed by atoms with E-state index < -0.39 is 6.10 Å². The number of nitrogens with one attached hydrogen (secondary N) is 1. The van der Waals surface area contributed by atoms with Crippen LogP contribution in [0.1, 0.15) is 30.1 Å². The molecule has 2 aromatic carbocycles. The first-order valence-corrected chi connectivity index (χ1v) is 8.33. The second-order valence-corrected chi connectivity index (χ2v) is 6.14. The van der Waals surface area contributed by atoms with E-state index >= 15 is 0 Å². The van der Waals surface area contributed by atoms with Crippen LogP contribution < -0.4 is 19.5 Å². The summed E-state index contributed by atoms with van der Waals surface area (Å²) in [5.41, 5.74) is 2.53. The summed E-state index contributed by atoms with van der Waals surface area (Å²) in [6.07, 6.45) is 2.08. The molecule has 1 aliphatic heterocycles. The van der Waals surface area contributed by atoms with Crippen LogP contribution in [0.15, 0.2) is 36.4 Å². The highest BCUT2D eigenvalue weighted by molar-refractivity contribution is 5.92. The lowest BCUT2D eigenvalue weighted by atomic mass is 9.89. The van der Waals surface area contributed by atoms with Crippen LogP contribution in [-0.2, 0) is 11.2 Å². The first kappa shape index (κ1) is 15.8. The Bertz CT molecular complexity index is 804. The van der Waals surface area contributed by atoms with Crippen LogP contribution in [0.2, 0.25) is 0 Å². The zero-order valence-corrected chi connectivity index (χ0v) is 13.7. The number of aliphatic hydroxyl groups excluding tert-OH is 1. The normalized spacial score (nSPS) is 17.7. The Balaban J connectivity index is 1.40. The molecule has 130 valence electrons. The van der Waals surface area contributed by atoms with Gasteiger partial charge in [0.1, 0.15) is 5.75 Å². The Labute approximate surface area is 145 Å². The number of anilines is 1. The van der Waals surface area contributed by atoms with Crippen LogP contribution in [-0.4, -0.2) is 24.4 Å². The fraction of sp³-hybridized carbons (Fsp3) is 0.316. The van der Waals surface area contributed by atoms with E-state index in [0.29, 0.717) is 22.9 Å². The summed E-state index contributed by atoms with van der Waals surface area (Å²) in [6.45, 7) is 0.0990. The fourth-order valence-corrected chi connectivity index (χ4v) is 3.24. The van der Waals surface area contributed by atoms with Crippen LogP contribution in [0, 0.1) is 0 Å². The number of carbonyl (C=O) groups excluding carboxylic acids is 1. The number of hydrogen-bond donors (Lipinski definition) is 2. The molecule has 1 atom stereocenters. The quantitative estimate of drug-likeness (QED) is 0.894. The van der Waals surface area contributed by atoms with E-state index in [1.165, 1.54) is 0 Å². The highest BCUT2D eigenvalue weighted by Crippen LogP contribution is 2.36. The van der Waals surface area contributed by atoms with Crippen LogP contribution in [0.3, 0.4) is 0 Å². The summed E-state index contributed by atoms with van der Waals surface area (Å²) in [5.74, 6) is 1.69. The molecule has 0 fully saturated rings. The Morgan fingerprint density at radius 3 is 3.04 bits per heavy atom. The van der Waals surface area contributed by atoms with Crippen molar-refractivity contribution in [1.82, 2.24) is 0 Å². The van der Waals surface area contributed by atoms with Crippen molar-refractivity contribution in [3.63, 3.8) is 0 Å². The van der Waals surface area contributed by atoms with Gasteiger partial charge >= 0.3 is 0 Å². The lowest BCUT2D eigenvalue weighted by molar-refractivity contribution is -0.118. The molecule has 25 heavy (non-hydrogen) atoms. The van der Waals surface area contributed by atoms with Crippen LogP contribution >= 0.6 is 0 Å². The van der Waals surface area contributed by atoms with Crippen molar-refractivity contribution in [3.8, 4) is 17.2 Å². The topological polar surface area (TPSA) is 77.0 Å². The third-order valence-corrected chi connectivity index (χ3v) is 4.45. The zero-order valence-electron chi connectivity index (χ0n) is 13.7. The number of benzene rings is 2. The SMILES string of the molecule is O=C(COc1cccc2c1CCCC2O)Nc1ccc2c(c1)OCO2. The van der Waals surface area contributed by atoms with Gasteiger partial charge in [0.25, 0.3) is 5.91 Å². The first-order valence-electron chi connectivity index (χ1n) is 8.33. The Hall–Kier alpha value is -2.73. The van der Waals surface area contributed by atoms with Crippen LogP contribution in [0.25, 0.3) is 0 Å². The molecule has 4 rings (SSSR count). The van der Waals surface area contributed by atoms with Gasteiger partial charge in [0.05, 0.1) is 6.10 Å². The zero-order chi connectivity index (χ0) is 17.2. The van der Waals surface area contributed by atoms with E-state index in [1.54, 1.807) is 18.2 Å². The van der Waals surface area contributed by atoms with E-state index in [0.717, 1.165) is 30.4 Å². The van der Waals surface area contributed by atoms with Gasteiger partial charge in [-0.05, 0) is 48.6 Å². The van der Waals surface area contributed by atoms with Gasteiger partial charge in [0, 0.05) is 11.8 Å². The van der Waals surface area contributed by atoms with Gasteiger partial charge in [-0.3, -0.25) is 4.79 Å². The van der Waals surface area contributed by atoms with Crippen molar-refractivity contribution < 1.29 is 24.1 Å². The predicted octanol–water partition coefficient (Wildman–Crippen LogP) is 2.80. The standard InChI is InChI=1S/C19H19NO5/c21-15-5-1-4-14-13(15)3-2-6-16(14)23-10-19(22)20-12-7-8-17-18(9-12)25-11-24-17/h2-3,6-9,15,21H,1,4-5,10-11H2,(H,20,22). The largest absolute Gasteiger partial charge is 0.483 e. The van der Waals surface area contributed by atoms with E-state index in [4.69, 9.17) is 14.2 Å². The molecule has 0 saturated carbocycles. The van der Waals surface area contributed by atoms with Crippen molar-refractivity contribution in [2.45, 2.75) is 25.4 Å². The number of aliphatic hydroxyl groups is 1. The molecule has 6 nitrogen and oxygen atoms in total. The van der Waals surface area contributed by atoms with Gasteiger partial charge in [-0.1, -0.05) is 12.1 Å². The second-order valence-electron chi connectivity index (χ2n) is 6.14. The van der Waals surface area contributed by atoms with Gasteiger partial charge in [-0.25, -0.2) is 0 Å². The predicted molar refractivity (Wildman–Crippen MR) is 91.0 cm³/mol. The third-order valence-electron chi connectivity index (χ3n) is 4.45. The molecule has 2 N–H and O–H groups in total. The summed E-state index contributed by atoms with van der Waals surface area (Å²) in [6, 6.07) is 10.8. The Morgan fingerprint density at radius 2 is 2.12 bits per heavy atom.